The molecule has 230 valence electrons. The van der Waals surface area contributed by atoms with E-state index in [1.165, 1.54) is 11.8 Å². The molecule has 2 aliphatic heterocycles. The van der Waals surface area contributed by atoms with Gasteiger partial charge in [-0.2, -0.15) is 0 Å². The van der Waals surface area contributed by atoms with Crippen molar-refractivity contribution < 1.29 is 14.3 Å². The zero-order chi connectivity index (χ0) is 30.7. The number of nitrogens with one attached hydrogen (secondary N) is 1. The van der Waals surface area contributed by atoms with Crippen molar-refractivity contribution in [2.45, 2.75) is 54.8 Å². The summed E-state index contributed by atoms with van der Waals surface area (Å²) < 4.78 is 4.48. The van der Waals surface area contributed by atoms with Gasteiger partial charge < -0.3 is 14.6 Å². The number of thioether (sulfide) groups is 1. The van der Waals surface area contributed by atoms with Crippen molar-refractivity contribution in [3.05, 3.63) is 99.7 Å². The second-order valence-electron chi connectivity index (χ2n) is 11.7. The van der Waals surface area contributed by atoms with Crippen LogP contribution >= 0.6 is 35.0 Å². The van der Waals surface area contributed by atoms with Crippen molar-refractivity contribution in [2.24, 2.45) is 0 Å². The number of Topliss-reactive ketones (excluding diaryl/α,β-unsaturated/α-hetero) is 1. The highest BCUT2D eigenvalue weighted by Gasteiger charge is 2.57. The van der Waals surface area contributed by atoms with E-state index in [-0.39, 0.29) is 18.1 Å². The minimum atomic E-state index is -1.01. The number of aryl methyl sites for hydroxylation is 1. The number of hydrogen-bond acceptors (Lipinski definition) is 5. The zero-order valence-electron chi connectivity index (χ0n) is 24.9. The second kappa shape index (κ2) is 13.7. The van der Waals surface area contributed by atoms with Crippen molar-refractivity contribution in [1.82, 2.24) is 14.8 Å². The molecule has 0 bridgehead atoms. The molecule has 2 fully saturated rings. The van der Waals surface area contributed by atoms with E-state index in [4.69, 9.17) is 27.9 Å². The molecule has 2 atom stereocenters. The third-order valence-electron chi connectivity index (χ3n) is 8.85. The van der Waals surface area contributed by atoms with Crippen molar-refractivity contribution >= 4 is 57.6 Å². The van der Waals surface area contributed by atoms with Gasteiger partial charge >= 0.3 is 0 Å². The topological polar surface area (TPSA) is 65.6 Å². The van der Waals surface area contributed by atoms with Crippen LogP contribution in [0.25, 0.3) is 10.9 Å². The van der Waals surface area contributed by atoms with Crippen molar-refractivity contribution in [3.8, 4) is 0 Å². The summed E-state index contributed by atoms with van der Waals surface area (Å²) in [5.74, 6) is 0.0862. The van der Waals surface area contributed by atoms with Crippen LogP contribution in [0.3, 0.4) is 0 Å². The number of carbonyl (C=O) groups is 2. The molecule has 1 N–H and O–H groups in total. The number of rotatable bonds is 11. The Balaban J connectivity index is 1.39. The van der Waals surface area contributed by atoms with Crippen LogP contribution in [-0.4, -0.2) is 64.1 Å². The first kappa shape index (κ1) is 31.2. The van der Waals surface area contributed by atoms with Crippen LogP contribution in [0.5, 0.6) is 0 Å². The molecule has 0 spiro atoms. The molecule has 3 heterocycles. The number of ketones is 1. The van der Waals surface area contributed by atoms with Crippen LogP contribution < -0.4 is 0 Å². The van der Waals surface area contributed by atoms with Gasteiger partial charge in [-0.1, -0.05) is 53.5 Å². The van der Waals surface area contributed by atoms with Crippen LogP contribution in [0.2, 0.25) is 10.0 Å². The molecule has 2 aliphatic rings. The molecule has 0 aliphatic carbocycles. The van der Waals surface area contributed by atoms with Crippen molar-refractivity contribution in [2.75, 3.05) is 32.8 Å². The fourth-order valence-electron chi connectivity index (χ4n) is 6.54. The molecule has 6 nitrogen and oxygen atoms in total. The third-order valence-corrected chi connectivity index (χ3v) is 10.8. The van der Waals surface area contributed by atoms with Gasteiger partial charge in [-0.15, -0.1) is 11.8 Å². The van der Waals surface area contributed by atoms with E-state index in [2.05, 4.69) is 9.88 Å². The highest BCUT2D eigenvalue weighted by atomic mass is 35.5. The summed E-state index contributed by atoms with van der Waals surface area (Å²) in [5, 5.41) is 2.25. The number of amides is 1. The lowest BCUT2D eigenvalue weighted by atomic mass is 9.86. The number of halogens is 2. The minimum Gasteiger partial charge on any atom is -0.379 e. The Morgan fingerprint density at radius 1 is 1.02 bits per heavy atom. The Morgan fingerprint density at radius 2 is 1.77 bits per heavy atom. The van der Waals surface area contributed by atoms with E-state index in [1.54, 1.807) is 0 Å². The van der Waals surface area contributed by atoms with Crippen molar-refractivity contribution in [1.29, 1.82) is 0 Å². The summed E-state index contributed by atoms with van der Waals surface area (Å²) in [6.45, 7) is 6.73. The van der Waals surface area contributed by atoms with Crippen LogP contribution in [-0.2, 0) is 20.9 Å². The lowest BCUT2D eigenvalue weighted by Gasteiger charge is -2.37. The summed E-state index contributed by atoms with van der Waals surface area (Å²) in [7, 11) is 0. The number of aromatic amines is 1. The standard InChI is InChI=1S/C35H37Cl2N3O3S/c1-24-19-26(36)11-10-25(24)23-40-33(42)21-35(44-28-7-3-2-4-8-28,32(41)9-5-6-14-39-15-17-43-18-16-39)34(40)30-22-38-31-20-27(37)12-13-29(30)31/h2-4,7-8,10-13,19-20,22,34,38H,5-6,9,14-18,21,23H2,1H3/t34-,35-/m0/s1. The first-order chi connectivity index (χ1) is 21.3. The number of hydrogen-bond donors (Lipinski definition) is 1. The van der Waals surface area contributed by atoms with Gasteiger partial charge in [0.05, 0.1) is 25.7 Å². The fourth-order valence-corrected chi connectivity index (χ4v) is 8.43. The zero-order valence-corrected chi connectivity index (χ0v) is 27.2. The summed E-state index contributed by atoms with van der Waals surface area (Å²) in [4.78, 5) is 37.5. The van der Waals surface area contributed by atoms with Crippen LogP contribution in [0.1, 0.15) is 48.4 Å². The van der Waals surface area contributed by atoms with Gasteiger partial charge in [0, 0.05) is 63.7 Å². The number of fused-ring (bicyclic) bond motifs is 1. The molecule has 1 amide bonds. The summed E-state index contributed by atoms with van der Waals surface area (Å²) in [6, 6.07) is 21.0. The fraction of sp³-hybridized carbons (Fsp3) is 0.371. The van der Waals surface area contributed by atoms with E-state index in [0.29, 0.717) is 23.0 Å². The number of morpholine rings is 1. The number of ether oxygens (including phenoxy) is 1. The number of H-pyrrole nitrogens is 1. The maximum Gasteiger partial charge on any atom is 0.225 e. The van der Waals surface area contributed by atoms with E-state index in [0.717, 1.165) is 78.2 Å². The highest BCUT2D eigenvalue weighted by Crippen LogP contribution is 2.55. The van der Waals surface area contributed by atoms with Crippen LogP contribution in [0, 0.1) is 6.92 Å². The van der Waals surface area contributed by atoms with Gasteiger partial charge in [-0.05, 0) is 73.8 Å². The molecule has 0 saturated carbocycles. The second-order valence-corrected chi connectivity index (χ2v) is 14.0. The third kappa shape index (κ3) is 6.58. The first-order valence-electron chi connectivity index (χ1n) is 15.2. The Hall–Kier alpha value is -2.81. The van der Waals surface area contributed by atoms with Gasteiger partial charge in [0.25, 0.3) is 0 Å². The summed E-state index contributed by atoms with van der Waals surface area (Å²) in [6.07, 6.45) is 4.20. The number of likely N-dealkylation sites (tertiary alicyclic amines) is 1. The minimum absolute atomic E-state index is 0.0299. The van der Waals surface area contributed by atoms with E-state index >= 15 is 0 Å². The Morgan fingerprint density at radius 3 is 2.55 bits per heavy atom. The smallest absolute Gasteiger partial charge is 0.225 e. The molecular weight excluding hydrogens is 613 g/mol. The van der Waals surface area contributed by atoms with Gasteiger partial charge in [0.1, 0.15) is 4.75 Å². The van der Waals surface area contributed by atoms with Crippen molar-refractivity contribution in [3.63, 3.8) is 0 Å². The van der Waals surface area contributed by atoms with Crippen LogP contribution in [0.15, 0.2) is 77.8 Å². The maximum absolute atomic E-state index is 14.7. The maximum atomic E-state index is 14.7. The van der Waals surface area contributed by atoms with Gasteiger partial charge in [0.2, 0.25) is 5.91 Å². The molecule has 6 rings (SSSR count). The number of unbranched alkanes of at least 4 members (excludes halogenated alkanes) is 1. The van der Waals surface area contributed by atoms with Gasteiger partial charge in [-0.3, -0.25) is 14.5 Å². The predicted molar refractivity (Wildman–Crippen MR) is 179 cm³/mol. The Kier molecular flexibility index (Phi) is 9.69. The molecule has 2 saturated heterocycles. The monoisotopic (exact) mass is 649 g/mol. The molecule has 4 aromatic rings. The average molecular weight is 651 g/mol. The molecule has 44 heavy (non-hydrogen) atoms. The quantitative estimate of drug-likeness (QED) is 0.168. The number of benzene rings is 3. The number of nitrogens with zero attached hydrogens (tertiary/aromatic N) is 2. The van der Waals surface area contributed by atoms with Gasteiger partial charge in [-0.25, -0.2) is 0 Å². The van der Waals surface area contributed by atoms with E-state index < -0.39 is 10.8 Å². The predicted octanol–water partition coefficient (Wildman–Crippen LogP) is 7.86. The summed E-state index contributed by atoms with van der Waals surface area (Å²) in [5.41, 5.74) is 3.83. The lowest BCUT2D eigenvalue weighted by Crippen LogP contribution is -2.42. The van der Waals surface area contributed by atoms with Gasteiger partial charge in [0.15, 0.2) is 5.78 Å². The number of aromatic nitrogens is 1. The normalized spacial score (nSPS) is 20.9. The SMILES string of the molecule is Cc1cc(Cl)ccc1CN1C(=O)C[C@](Sc2ccccc2)(C(=O)CCCCN2CCOCC2)[C@@H]1c1c[nH]c2cc(Cl)ccc12. The molecule has 0 unspecified atom stereocenters. The Labute approximate surface area is 273 Å². The van der Waals surface area contributed by atoms with E-state index in [9.17, 15) is 9.59 Å². The highest BCUT2D eigenvalue weighted by molar-refractivity contribution is 8.01. The lowest BCUT2D eigenvalue weighted by molar-refractivity contribution is -0.129. The molecule has 1 aromatic heterocycles. The molecule has 3 aromatic carbocycles. The molecule has 0 radical (unpaired) electrons. The average Bonchev–Trinajstić information content (AvgIpc) is 3.55. The first-order valence-corrected chi connectivity index (χ1v) is 16.8. The molecule has 9 heteroatoms. The van der Waals surface area contributed by atoms with E-state index in [1.807, 2.05) is 84.8 Å². The van der Waals surface area contributed by atoms with Crippen LogP contribution in [0.4, 0.5) is 0 Å². The Bertz CT molecular complexity index is 1640. The molecular formula is C35H37Cl2N3O3S. The largest absolute Gasteiger partial charge is 0.379 e. The summed E-state index contributed by atoms with van der Waals surface area (Å²) >= 11 is 14.2. The number of carbonyl (C=O) groups excluding carboxylic acids is 2.